The monoisotopic (exact) mass is 230 g/mol. The predicted octanol–water partition coefficient (Wildman–Crippen LogP) is 1.58. The van der Waals surface area contributed by atoms with E-state index in [1.165, 1.54) is 19.2 Å². The van der Waals surface area contributed by atoms with Gasteiger partial charge in [0.2, 0.25) is 0 Å². The topological polar surface area (TPSA) is 43.4 Å². The van der Waals surface area contributed by atoms with E-state index in [0.29, 0.717) is 5.75 Å². The summed E-state index contributed by atoms with van der Waals surface area (Å²) in [5.74, 6) is 0.585. The highest BCUT2D eigenvalue weighted by atomic mass is 32.2. The van der Waals surface area contributed by atoms with Crippen LogP contribution in [0.4, 0.5) is 4.39 Å². The molecule has 0 amide bonds. The Morgan fingerprint density at radius 1 is 1.33 bits per heavy atom. The zero-order valence-electron chi connectivity index (χ0n) is 8.18. The van der Waals surface area contributed by atoms with Gasteiger partial charge in [-0.05, 0) is 30.7 Å². The lowest BCUT2D eigenvalue weighted by Crippen LogP contribution is -2.09. The molecule has 1 saturated carbocycles. The minimum atomic E-state index is -3.47. The second kappa shape index (κ2) is 3.48. The normalized spacial score (nSPS) is 24.9. The third-order valence-corrected chi connectivity index (χ3v) is 4.66. The molecule has 0 bridgehead atoms. The van der Waals surface area contributed by atoms with Crippen molar-refractivity contribution in [1.82, 2.24) is 0 Å². The third-order valence-electron chi connectivity index (χ3n) is 2.44. The number of halogens is 1. The van der Waals surface area contributed by atoms with E-state index in [9.17, 15) is 12.8 Å². The Kier molecular flexibility index (Phi) is 2.42. The van der Waals surface area contributed by atoms with Crippen LogP contribution in [0.2, 0.25) is 0 Å². The maximum absolute atomic E-state index is 12.7. The van der Waals surface area contributed by atoms with Gasteiger partial charge < -0.3 is 4.74 Å². The first-order chi connectivity index (χ1) is 7.05. The van der Waals surface area contributed by atoms with E-state index in [4.69, 9.17) is 4.74 Å². The summed E-state index contributed by atoms with van der Waals surface area (Å²) in [5, 5.41) is -0.842. The summed E-state index contributed by atoms with van der Waals surface area (Å²) in [6, 6.07) is 6.00. The number of methoxy groups -OCH3 is 1. The number of rotatable bonds is 3. The molecule has 5 heteroatoms. The fourth-order valence-electron chi connectivity index (χ4n) is 1.40. The maximum Gasteiger partial charge on any atom is 0.184 e. The number of sulfone groups is 1. The standard InChI is InChI=1S/C10H11FO3S/c1-14-7-2-4-8(5-3-7)15(12,13)10-6-9(10)11/h2-5,9-10H,6H2,1H3/t9-,10-/m1/s1. The Hall–Kier alpha value is -1.10. The molecule has 0 spiro atoms. The summed E-state index contributed by atoms with van der Waals surface area (Å²) in [6.07, 6.45) is -1.08. The Morgan fingerprint density at radius 3 is 2.27 bits per heavy atom. The van der Waals surface area contributed by atoms with E-state index in [0.717, 1.165) is 0 Å². The highest BCUT2D eigenvalue weighted by molar-refractivity contribution is 7.92. The quantitative estimate of drug-likeness (QED) is 0.791. The number of hydrogen-bond donors (Lipinski definition) is 0. The minimum Gasteiger partial charge on any atom is -0.497 e. The van der Waals surface area contributed by atoms with Crippen molar-refractivity contribution >= 4 is 9.84 Å². The van der Waals surface area contributed by atoms with Crippen molar-refractivity contribution in [2.24, 2.45) is 0 Å². The lowest BCUT2D eigenvalue weighted by molar-refractivity contribution is 0.414. The van der Waals surface area contributed by atoms with E-state index in [1.54, 1.807) is 12.1 Å². The van der Waals surface area contributed by atoms with Crippen LogP contribution in [0.25, 0.3) is 0 Å². The van der Waals surface area contributed by atoms with Crippen LogP contribution in [0.15, 0.2) is 29.2 Å². The molecule has 1 fully saturated rings. The molecule has 0 heterocycles. The van der Waals surface area contributed by atoms with E-state index in [1.807, 2.05) is 0 Å². The average molecular weight is 230 g/mol. The second-order valence-electron chi connectivity index (χ2n) is 3.51. The summed E-state index contributed by atoms with van der Waals surface area (Å²) in [7, 11) is -1.97. The summed E-state index contributed by atoms with van der Waals surface area (Å²) in [4.78, 5) is 0.161. The number of ether oxygens (including phenoxy) is 1. The highest BCUT2D eigenvalue weighted by Gasteiger charge is 2.48. The van der Waals surface area contributed by atoms with Gasteiger partial charge in [-0.1, -0.05) is 0 Å². The molecule has 1 aliphatic rings. The molecule has 2 rings (SSSR count). The van der Waals surface area contributed by atoms with Crippen LogP contribution in [0.5, 0.6) is 5.75 Å². The number of alkyl halides is 1. The van der Waals surface area contributed by atoms with Crippen molar-refractivity contribution in [3.05, 3.63) is 24.3 Å². The first-order valence-electron chi connectivity index (χ1n) is 4.57. The van der Waals surface area contributed by atoms with Gasteiger partial charge in [-0.15, -0.1) is 0 Å². The molecular weight excluding hydrogens is 219 g/mol. The van der Waals surface area contributed by atoms with Crippen molar-refractivity contribution in [2.45, 2.75) is 22.7 Å². The van der Waals surface area contributed by atoms with Crippen LogP contribution < -0.4 is 4.74 Å². The Balaban J connectivity index is 2.29. The van der Waals surface area contributed by atoms with Crippen LogP contribution in [0.1, 0.15) is 6.42 Å². The predicted molar refractivity (Wildman–Crippen MR) is 53.5 cm³/mol. The fraction of sp³-hybridized carbons (Fsp3) is 0.400. The zero-order chi connectivity index (χ0) is 11.1. The van der Waals surface area contributed by atoms with Crippen molar-refractivity contribution in [2.75, 3.05) is 7.11 Å². The van der Waals surface area contributed by atoms with Crippen molar-refractivity contribution in [3.63, 3.8) is 0 Å². The van der Waals surface area contributed by atoms with Crippen LogP contribution in [0, 0.1) is 0 Å². The second-order valence-corrected chi connectivity index (χ2v) is 5.68. The van der Waals surface area contributed by atoms with Crippen molar-refractivity contribution < 1.29 is 17.5 Å². The van der Waals surface area contributed by atoms with Crippen molar-refractivity contribution in [1.29, 1.82) is 0 Å². The zero-order valence-corrected chi connectivity index (χ0v) is 9.00. The van der Waals surface area contributed by atoms with Gasteiger partial charge >= 0.3 is 0 Å². The molecule has 1 aliphatic carbocycles. The molecule has 0 N–H and O–H groups in total. The molecule has 82 valence electrons. The van der Waals surface area contributed by atoms with Crippen molar-refractivity contribution in [3.8, 4) is 5.75 Å². The van der Waals surface area contributed by atoms with Gasteiger partial charge in [0.1, 0.15) is 11.9 Å². The van der Waals surface area contributed by atoms with E-state index in [-0.39, 0.29) is 11.3 Å². The van der Waals surface area contributed by atoms with Gasteiger partial charge in [-0.25, -0.2) is 12.8 Å². The van der Waals surface area contributed by atoms with Gasteiger partial charge in [0.25, 0.3) is 0 Å². The molecule has 2 atom stereocenters. The molecule has 15 heavy (non-hydrogen) atoms. The minimum absolute atomic E-state index is 0.119. The smallest absolute Gasteiger partial charge is 0.184 e. The van der Waals surface area contributed by atoms with Gasteiger partial charge in [0.05, 0.1) is 17.3 Å². The van der Waals surface area contributed by atoms with Crippen LogP contribution in [-0.2, 0) is 9.84 Å². The lowest BCUT2D eigenvalue weighted by Gasteiger charge is -2.03. The Labute approximate surface area is 87.8 Å². The highest BCUT2D eigenvalue weighted by Crippen LogP contribution is 2.37. The maximum atomic E-state index is 12.7. The van der Waals surface area contributed by atoms with E-state index < -0.39 is 21.3 Å². The molecule has 0 unspecified atom stereocenters. The molecule has 3 nitrogen and oxygen atoms in total. The summed E-state index contributed by atoms with van der Waals surface area (Å²) in [6.45, 7) is 0. The largest absolute Gasteiger partial charge is 0.497 e. The van der Waals surface area contributed by atoms with Crippen LogP contribution in [-0.4, -0.2) is 26.9 Å². The van der Waals surface area contributed by atoms with E-state index >= 15 is 0 Å². The number of hydrogen-bond acceptors (Lipinski definition) is 3. The first kappa shape index (κ1) is 10.4. The molecular formula is C10H11FO3S. The summed E-state index contributed by atoms with van der Waals surface area (Å²) >= 11 is 0. The van der Waals surface area contributed by atoms with Crippen LogP contribution >= 0.6 is 0 Å². The Bertz CT molecular complexity index is 452. The van der Waals surface area contributed by atoms with Gasteiger partial charge in [-0.3, -0.25) is 0 Å². The number of benzene rings is 1. The van der Waals surface area contributed by atoms with Gasteiger partial charge in [-0.2, -0.15) is 0 Å². The van der Waals surface area contributed by atoms with Gasteiger partial charge in [0.15, 0.2) is 9.84 Å². The Morgan fingerprint density at radius 2 is 1.87 bits per heavy atom. The molecule has 1 aromatic carbocycles. The SMILES string of the molecule is COc1ccc(S(=O)(=O)[C@@H]2C[C@H]2F)cc1. The molecule has 0 aromatic heterocycles. The fourth-order valence-corrected chi connectivity index (χ4v) is 3.10. The van der Waals surface area contributed by atoms with Gasteiger partial charge in [0, 0.05) is 0 Å². The van der Waals surface area contributed by atoms with E-state index in [2.05, 4.69) is 0 Å². The van der Waals surface area contributed by atoms with Crippen LogP contribution in [0.3, 0.4) is 0 Å². The summed E-state index contributed by atoms with van der Waals surface area (Å²) in [5.41, 5.74) is 0. The molecule has 1 aromatic rings. The molecule has 0 saturated heterocycles. The molecule has 0 aliphatic heterocycles. The summed E-state index contributed by atoms with van der Waals surface area (Å²) < 4.78 is 41.1. The lowest BCUT2D eigenvalue weighted by atomic mass is 10.3. The molecule has 0 radical (unpaired) electrons. The third kappa shape index (κ3) is 1.84. The average Bonchev–Trinajstić information content (AvgIpc) is 2.96. The first-order valence-corrected chi connectivity index (χ1v) is 6.12.